The van der Waals surface area contributed by atoms with Gasteiger partial charge in [-0.25, -0.2) is 0 Å². The van der Waals surface area contributed by atoms with Crippen LogP contribution >= 0.6 is 0 Å². The molecule has 4 heteroatoms. The molecule has 2 fully saturated rings. The second kappa shape index (κ2) is 5.31. The average Bonchev–Trinajstić information content (AvgIpc) is 2.52. The fourth-order valence-corrected chi connectivity index (χ4v) is 4.51. The van der Waals surface area contributed by atoms with Crippen LogP contribution in [-0.4, -0.2) is 23.8 Å². The van der Waals surface area contributed by atoms with E-state index in [4.69, 9.17) is 4.74 Å². The Kier molecular flexibility index (Phi) is 3.62. The lowest BCUT2D eigenvalue weighted by Crippen LogP contribution is -2.55. The summed E-state index contributed by atoms with van der Waals surface area (Å²) in [4.78, 5) is 12.2. The standard InChI is InChI=1S/C17H21NO3/c1-21-16(19)13-9-12-11(10-18)5-4-7-14(12)17(20)8-3-2-6-15(13)17/h4,7,13-15,20H,2-3,5-6,8-9H2,1H3/t13-,14-,15+,17+/m1/s1. The first-order valence-electron chi connectivity index (χ1n) is 7.70. The molecule has 0 unspecified atom stereocenters. The van der Waals surface area contributed by atoms with Crippen LogP contribution in [0.2, 0.25) is 0 Å². The van der Waals surface area contributed by atoms with Gasteiger partial charge in [-0.2, -0.15) is 5.26 Å². The van der Waals surface area contributed by atoms with Crippen LogP contribution in [0.3, 0.4) is 0 Å². The predicted octanol–water partition coefficient (Wildman–Crippen LogP) is 2.50. The number of nitriles is 1. The number of carbonyl (C=O) groups excluding carboxylic acids is 1. The van der Waals surface area contributed by atoms with Crippen molar-refractivity contribution in [2.24, 2.45) is 17.8 Å². The van der Waals surface area contributed by atoms with Crippen molar-refractivity contribution in [2.45, 2.75) is 44.1 Å². The number of ether oxygens (including phenoxy) is 1. The van der Waals surface area contributed by atoms with Crippen LogP contribution < -0.4 is 0 Å². The molecule has 4 nitrogen and oxygen atoms in total. The Balaban J connectivity index is 2.07. The van der Waals surface area contributed by atoms with Gasteiger partial charge in [0.05, 0.1) is 24.7 Å². The lowest BCUT2D eigenvalue weighted by molar-refractivity contribution is -0.162. The van der Waals surface area contributed by atoms with Gasteiger partial charge in [-0.1, -0.05) is 25.0 Å². The van der Waals surface area contributed by atoms with Crippen LogP contribution in [0.5, 0.6) is 0 Å². The van der Waals surface area contributed by atoms with Gasteiger partial charge in [0.2, 0.25) is 0 Å². The van der Waals surface area contributed by atoms with Crippen molar-refractivity contribution >= 4 is 5.97 Å². The van der Waals surface area contributed by atoms with Gasteiger partial charge in [0, 0.05) is 23.8 Å². The molecule has 112 valence electrons. The molecule has 3 rings (SSSR count). The number of nitrogens with zero attached hydrogens (tertiary/aromatic N) is 1. The monoisotopic (exact) mass is 287 g/mol. The largest absolute Gasteiger partial charge is 0.469 e. The molecule has 3 aliphatic rings. The third kappa shape index (κ3) is 2.11. The summed E-state index contributed by atoms with van der Waals surface area (Å²) in [5, 5.41) is 20.7. The van der Waals surface area contributed by atoms with Gasteiger partial charge in [-0.15, -0.1) is 0 Å². The van der Waals surface area contributed by atoms with Gasteiger partial charge in [0.1, 0.15) is 0 Å². The molecule has 0 saturated heterocycles. The number of methoxy groups -OCH3 is 1. The number of allylic oxidation sites excluding steroid dienone is 2. The number of esters is 1. The summed E-state index contributed by atoms with van der Waals surface area (Å²) in [7, 11) is 1.40. The van der Waals surface area contributed by atoms with E-state index in [2.05, 4.69) is 6.07 Å². The van der Waals surface area contributed by atoms with Crippen LogP contribution in [0.15, 0.2) is 23.3 Å². The zero-order valence-corrected chi connectivity index (χ0v) is 12.3. The highest BCUT2D eigenvalue weighted by Crippen LogP contribution is 2.54. The van der Waals surface area contributed by atoms with Crippen molar-refractivity contribution in [3.8, 4) is 6.07 Å². The van der Waals surface area contributed by atoms with Crippen LogP contribution in [0.25, 0.3) is 0 Å². The average molecular weight is 287 g/mol. The molecule has 21 heavy (non-hydrogen) atoms. The smallest absolute Gasteiger partial charge is 0.309 e. The first-order valence-corrected chi connectivity index (χ1v) is 7.70. The fraction of sp³-hybridized carbons (Fsp3) is 0.647. The van der Waals surface area contributed by atoms with Crippen molar-refractivity contribution in [1.82, 2.24) is 0 Å². The summed E-state index contributed by atoms with van der Waals surface area (Å²) < 4.78 is 4.96. The Morgan fingerprint density at radius 3 is 3.05 bits per heavy atom. The lowest BCUT2D eigenvalue weighted by atomic mass is 9.55. The molecular formula is C17H21NO3. The molecule has 3 aliphatic carbocycles. The second-order valence-corrected chi connectivity index (χ2v) is 6.40. The van der Waals surface area contributed by atoms with E-state index in [1.807, 2.05) is 12.2 Å². The second-order valence-electron chi connectivity index (χ2n) is 6.40. The molecule has 0 bridgehead atoms. The van der Waals surface area contributed by atoms with Crippen LogP contribution in [-0.2, 0) is 9.53 Å². The summed E-state index contributed by atoms with van der Waals surface area (Å²) in [6.45, 7) is 0. The molecule has 0 aromatic rings. The van der Waals surface area contributed by atoms with Crippen molar-refractivity contribution in [1.29, 1.82) is 5.26 Å². The lowest BCUT2D eigenvalue weighted by Gasteiger charge is -2.52. The predicted molar refractivity (Wildman–Crippen MR) is 76.9 cm³/mol. The molecule has 2 saturated carbocycles. The Morgan fingerprint density at radius 2 is 2.33 bits per heavy atom. The molecule has 4 atom stereocenters. The van der Waals surface area contributed by atoms with Crippen molar-refractivity contribution in [3.05, 3.63) is 23.3 Å². The first kappa shape index (κ1) is 14.3. The maximum absolute atomic E-state index is 12.2. The number of rotatable bonds is 1. The third-order valence-corrected chi connectivity index (χ3v) is 5.50. The maximum atomic E-state index is 12.2. The first-order chi connectivity index (χ1) is 10.1. The quantitative estimate of drug-likeness (QED) is 0.594. The summed E-state index contributed by atoms with van der Waals surface area (Å²) in [5.74, 6) is -0.734. The van der Waals surface area contributed by atoms with E-state index in [1.165, 1.54) is 7.11 Å². The minimum Gasteiger partial charge on any atom is -0.469 e. The number of hydrogen-bond acceptors (Lipinski definition) is 4. The highest BCUT2D eigenvalue weighted by Gasteiger charge is 2.55. The van der Waals surface area contributed by atoms with Crippen molar-refractivity contribution < 1.29 is 14.6 Å². The molecule has 0 amide bonds. The van der Waals surface area contributed by atoms with E-state index in [9.17, 15) is 15.2 Å². The topological polar surface area (TPSA) is 70.3 Å². The van der Waals surface area contributed by atoms with Crippen LogP contribution in [0.1, 0.15) is 38.5 Å². The van der Waals surface area contributed by atoms with E-state index in [0.717, 1.165) is 24.8 Å². The maximum Gasteiger partial charge on any atom is 0.309 e. The molecule has 1 N–H and O–H groups in total. The third-order valence-electron chi connectivity index (χ3n) is 5.50. The zero-order chi connectivity index (χ0) is 15.0. The minimum atomic E-state index is -0.899. The number of carbonyl (C=O) groups is 1. The van der Waals surface area contributed by atoms with E-state index in [1.54, 1.807) is 0 Å². The van der Waals surface area contributed by atoms with Crippen LogP contribution in [0, 0.1) is 29.1 Å². The van der Waals surface area contributed by atoms with Crippen molar-refractivity contribution in [2.75, 3.05) is 7.11 Å². The molecule has 0 aromatic heterocycles. The zero-order valence-electron chi connectivity index (χ0n) is 12.3. The van der Waals surface area contributed by atoms with E-state index in [-0.39, 0.29) is 23.7 Å². The van der Waals surface area contributed by atoms with Gasteiger partial charge >= 0.3 is 5.97 Å². The Morgan fingerprint density at radius 1 is 1.52 bits per heavy atom. The Bertz CT molecular complexity index is 557. The molecule has 0 radical (unpaired) electrons. The molecule has 0 aliphatic heterocycles. The van der Waals surface area contributed by atoms with E-state index < -0.39 is 5.60 Å². The van der Waals surface area contributed by atoms with Gasteiger partial charge in [0.25, 0.3) is 0 Å². The molecule has 0 spiro atoms. The van der Waals surface area contributed by atoms with Gasteiger partial charge < -0.3 is 9.84 Å². The Labute approximate surface area is 125 Å². The summed E-state index contributed by atoms with van der Waals surface area (Å²) in [6.07, 6.45) is 8.75. The molecular weight excluding hydrogens is 266 g/mol. The number of hydrogen-bond donors (Lipinski definition) is 1. The Hall–Kier alpha value is -1.60. The molecule has 0 aromatic carbocycles. The minimum absolute atomic E-state index is 0.0601. The normalized spacial score (nSPS) is 38.2. The van der Waals surface area contributed by atoms with Gasteiger partial charge in [-0.3, -0.25) is 4.79 Å². The van der Waals surface area contributed by atoms with Crippen molar-refractivity contribution in [3.63, 3.8) is 0 Å². The van der Waals surface area contributed by atoms with E-state index in [0.29, 0.717) is 24.8 Å². The number of aliphatic hydroxyl groups is 1. The molecule has 0 heterocycles. The summed E-state index contributed by atoms with van der Waals surface area (Å²) in [6, 6.07) is 2.26. The number of fused-ring (bicyclic) bond motifs is 3. The summed E-state index contributed by atoms with van der Waals surface area (Å²) in [5.41, 5.74) is 0.772. The van der Waals surface area contributed by atoms with E-state index >= 15 is 0 Å². The van der Waals surface area contributed by atoms with Crippen LogP contribution in [0.4, 0.5) is 0 Å². The SMILES string of the molecule is COC(=O)[C@@H]1CC2=C(C#N)CC=C[C@H]2[C@@]2(O)CCCC[C@@H]12. The highest BCUT2D eigenvalue weighted by atomic mass is 16.5. The van der Waals surface area contributed by atoms with Gasteiger partial charge in [-0.05, 0) is 24.8 Å². The summed E-state index contributed by atoms with van der Waals surface area (Å²) >= 11 is 0. The highest BCUT2D eigenvalue weighted by molar-refractivity contribution is 5.74. The fourth-order valence-electron chi connectivity index (χ4n) is 4.51. The van der Waals surface area contributed by atoms with Gasteiger partial charge in [0.15, 0.2) is 0 Å².